The van der Waals surface area contributed by atoms with Crippen molar-refractivity contribution in [3.63, 3.8) is 0 Å². The van der Waals surface area contributed by atoms with Crippen molar-refractivity contribution in [2.75, 3.05) is 6.61 Å². The van der Waals surface area contributed by atoms with Crippen LogP contribution in [-0.2, 0) is 47.6 Å². The van der Waals surface area contributed by atoms with E-state index in [-0.39, 0.29) is 36.2 Å². The average molecular weight is 990 g/mol. The quantitative estimate of drug-likeness (QED) is 0.0457. The number of amides is 1. The Morgan fingerprint density at radius 2 is 1.45 bits per heavy atom. The fraction of sp³-hybridized carbons (Fsp3) is 0.636. The molecule has 0 radical (unpaired) electrons. The van der Waals surface area contributed by atoms with Crippen molar-refractivity contribution >= 4 is 35.8 Å². The zero-order chi connectivity index (χ0) is 52.1. The molecule has 71 heavy (non-hydrogen) atoms. The summed E-state index contributed by atoms with van der Waals surface area (Å²) in [6, 6.07) is 14.9. The summed E-state index contributed by atoms with van der Waals surface area (Å²) in [6.45, 7) is 14.1. The highest BCUT2D eigenvalue weighted by Gasteiger charge is 2.78. The van der Waals surface area contributed by atoms with Gasteiger partial charge in [0.25, 0.3) is 0 Å². The molecule has 390 valence electrons. The number of Topliss-reactive ketones (excluding diaryl/α,β-unsaturated/α-hetero) is 1. The minimum absolute atomic E-state index is 0.0441. The number of alkyl carbamates (subject to hydrolysis) is 1. The molecular formula is C55H75NO15. The number of carbonyl (C=O) groups excluding carboxylic acids is 6. The predicted octanol–water partition coefficient (Wildman–Crippen LogP) is 7.73. The van der Waals surface area contributed by atoms with Gasteiger partial charge in [-0.3, -0.25) is 14.4 Å². The van der Waals surface area contributed by atoms with Crippen LogP contribution in [0.4, 0.5) is 4.79 Å². The number of aliphatic hydroxyl groups is 3. The number of ether oxygens (including phenoxy) is 6. The van der Waals surface area contributed by atoms with Crippen molar-refractivity contribution in [2.24, 2.45) is 16.7 Å². The van der Waals surface area contributed by atoms with Gasteiger partial charge in [0.15, 0.2) is 11.4 Å². The molecule has 3 aliphatic carbocycles. The average Bonchev–Trinajstić information content (AvgIpc) is 3.30. The molecule has 1 saturated heterocycles. The van der Waals surface area contributed by atoms with Gasteiger partial charge in [-0.25, -0.2) is 14.4 Å². The first-order chi connectivity index (χ1) is 33.4. The Bertz CT molecular complexity index is 2270. The van der Waals surface area contributed by atoms with Crippen LogP contribution in [0.3, 0.4) is 0 Å². The van der Waals surface area contributed by atoms with Crippen LogP contribution >= 0.6 is 0 Å². The summed E-state index contributed by atoms with van der Waals surface area (Å²) in [6.07, 6.45) is -2.55. The van der Waals surface area contributed by atoms with Crippen molar-refractivity contribution in [3.8, 4) is 0 Å². The van der Waals surface area contributed by atoms with Crippen LogP contribution in [0.25, 0.3) is 0 Å². The number of nitrogens with one attached hydrogen (secondary N) is 1. The Balaban J connectivity index is 1.43. The minimum atomic E-state index is -2.40. The number of aliphatic hydroxyl groups excluding tert-OH is 2. The normalized spacial score (nSPS) is 29.6. The summed E-state index contributed by atoms with van der Waals surface area (Å²) in [7, 11) is 0. The molecule has 0 unspecified atom stereocenters. The van der Waals surface area contributed by atoms with Crippen molar-refractivity contribution in [1.82, 2.24) is 5.32 Å². The third-order valence-corrected chi connectivity index (χ3v) is 15.3. The topological polar surface area (TPSA) is 231 Å². The lowest BCUT2D eigenvalue weighted by atomic mass is 9.44. The smallest absolute Gasteiger partial charge is 0.408 e. The molecule has 16 nitrogen and oxygen atoms in total. The fourth-order valence-corrected chi connectivity index (χ4v) is 11.4. The molecular weight excluding hydrogens is 915 g/mol. The number of hydrogen-bond donors (Lipinski definition) is 4. The molecule has 4 aliphatic rings. The maximum absolute atomic E-state index is 15.2. The van der Waals surface area contributed by atoms with Crippen LogP contribution in [0, 0.1) is 16.7 Å². The first-order valence-corrected chi connectivity index (χ1v) is 25.3. The van der Waals surface area contributed by atoms with E-state index in [0.717, 1.165) is 45.4 Å². The first-order valence-electron chi connectivity index (χ1n) is 25.3. The lowest BCUT2D eigenvalue weighted by molar-refractivity contribution is -0.346. The van der Waals surface area contributed by atoms with Gasteiger partial charge in [-0.2, -0.15) is 0 Å². The number of carbonyl (C=O) groups is 6. The van der Waals surface area contributed by atoms with Gasteiger partial charge in [0.2, 0.25) is 6.10 Å². The Hall–Kier alpha value is -5.16. The monoisotopic (exact) mass is 990 g/mol. The van der Waals surface area contributed by atoms with E-state index >= 15 is 9.59 Å². The van der Waals surface area contributed by atoms with Gasteiger partial charge in [0, 0.05) is 31.6 Å². The van der Waals surface area contributed by atoms with E-state index in [2.05, 4.69) is 12.2 Å². The molecule has 0 aromatic heterocycles. The molecule has 1 aliphatic heterocycles. The summed E-state index contributed by atoms with van der Waals surface area (Å²) >= 11 is 0. The lowest BCUT2D eigenvalue weighted by Crippen LogP contribution is -2.81. The third kappa shape index (κ3) is 11.4. The number of ketones is 1. The largest absolute Gasteiger partial charge is 0.455 e. The number of unbranched alkanes of at least 4 members (excludes halogenated alkanes) is 8. The minimum Gasteiger partial charge on any atom is -0.455 e. The number of benzene rings is 2. The molecule has 3 fully saturated rings. The standard InChI is InChI=1S/C55H75NO15/c1-10-11-12-13-14-15-16-17-24-29-40(59)68-44(42(35-25-20-18-21-26-35)56-50(64)71-51(4,5)6)49(63)67-37-31-55(65)47(69-48(62)36-27-22-19-23-28-36)45-53(9,46(61)43(60)41(33(37)2)52(55,7)8)38(58)30-39-54(45,32-66-39)70-34(3)57/h18-23,25-28,37-39,42-45,47,58,60,65H,10-17,24,29-32H2,1-9H3,(H,56,64)/t37-,38-,39+,42-,43+,44+,45-,47-,53+,54-,55+/m0/s1. The Morgan fingerprint density at radius 1 is 0.859 bits per heavy atom. The summed E-state index contributed by atoms with van der Waals surface area (Å²) in [5.41, 5.74) is -8.31. The van der Waals surface area contributed by atoms with Gasteiger partial charge >= 0.3 is 30.0 Å². The van der Waals surface area contributed by atoms with Crippen molar-refractivity contribution in [3.05, 3.63) is 82.9 Å². The summed E-state index contributed by atoms with van der Waals surface area (Å²) < 4.78 is 36.4. The fourth-order valence-electron chi connectivity index (χ4n) is 11.4. The molecule has 16 heteroatoms. The van der Waals surface area contributed by atoms with Crippen LogP contribution in [0.1, 0.15) is 161 Å². The number of rotatable bonds is 19. The Morgan fingerprint density at radius 3 is 2.01 bits per heavy atom. The van der Waals surface area contributed by atoms with Crippen molar-refractivity contribution in [2.45, 2.75) is 199 Å². The maximum Gasteiger partial charge on any atom is 0.408 e. The zero-order valence-electron chi connectivity index (χ0n) is 42.8. The van der Waals surface area contributed by atoms with Gasteiger partial charge in [0.05, 0.1) is 29.6 Å². The van der Waals surface area contributed by atoms with Crippen LogP contribution in [-0.4, -0.2) is 111 Å². The van der Waals surface area contributed by atoms with Crippen molar-refractivity contribution < 1.29 is 72.5 Å². The number of fused-ring (bicyclic) bond motifs is 5. The molecule has 1 amide bonds. The summed E-state index contributed by atoms with van der Waals surface area (Å²) in [4.78, 5) is 85.2. The van der Waals surface area contributed by atoms with E-state index < -0.39 is 118 Å². The van der Waals surface area contributed by atoms with E-state index in [1.54, 1.807) is 83.1 Å². The van der Waals surface area contributed by atoms with Crippen LogP contribution in [0.15, 0.2) is 71.8 Å². The van der Waals surface area contributed by atoms with Gasteiger partial charge in [-0.1, -0.05) is 121 Å². The molecule has 4 N–H and O–H groups in total. The molecule has 2 bridgehead atoms. The van der Waals surface area contributed by atoms with Crippen LogP contribution in [0.5, 0.6) is 0 Å². The number of esters is 4. The highest BCUT2D eigenvalue weighted by atomic mass is 16.6. The second kappa shape index (κ2) is 22.3. The van der Waals surface area contributed by atoms with Gasteiger partial charge < -0.3 is 49.1 Å². The molecule has 11 atom stereocenters. The van der Waals surface area contributed by atoms with Crippen LogP contribution < -0.4 is 5.32 Å². The SMILES string of the molecule is CCCCCCCCCCCC(=O)O[C@@H](C(=O)O[C@H]1C[C@@]2(O)[C@@H](OC(=O)c3ccccc3)[C@@H]3[C@]4(OC(C)=O)CO[C@@H]4C[C@H](O)[C@@]3(C)C(=O)[C@H](O)C(=C1C)C2(C)C)[C@@H](NC(=O)OC(C)(C)C)c1ccccc1. The van der Waals surface area contributed by atoms with Crippen molar-refractivity contribution in [1.29, 1.82) is 0 Å². The summed E-state index contributed by atoms with van der Waals surface area (Å²) in [5.74, 6) is -6.05. The molecule has 2 aromatic carbocycles. The second-order valence-corrected chi connectivity index (χ2v) is 21.6. The molecule has 2 saturated carbocycles. The van der Waals surface area contributed by atoms with E-state index in [1.165, 1.54) is 38.8 Å². The molecule has 1 heterocycles. The van der Waals surface area contributed by atoms with E-state index in [1.807, 2.05) is 0 Å². The third-order valence-electron chi connectivity index (χ3n) is 15.3. The Labute approximate surface area is 417 Å². The van der Waals surface area contributed by atoms with Crippen LogP contribution in [0.2, 0.25) is 0 Å². The first kappa shape index (κ1) is 55.2. The molecule has 2 aromatic rings. The van der Waals surface area contributed by atoms with E-state index in [9.17, 15) is 34.5 Å². The van der Waals surface area contributed by atoms with Gasteiger partial charge in [-0.15, -0.1) is 0 Å². The van der Waals surface area contributed by atoms with E-state index in [4.69, 9.17) is 28.4 Å². The Kier molecular flexibility index (Phi) is 17.3. The van der Waals surface area contributed by atoms with E-state index in [0.29, 0.717) is 12.0 Å². The lowest BCUT2D eigenvalue weighted by Gasteiger charge is -2.67. The highest BCUT2D eigenvalue weighted by molar-refractivity contribution is 5.94. The molecule has 6 rings (SSSR count). The number of hydrogen-bond acceptors (Lipinski definition) is 15. The summed E-state index contributed by atoms with van der Waals surface area (Å²) in [5, 5.41) is 41.0. The second-order valence-electron chi connectivity index (χ2n) is 21.6. The van der Waals surface area contributed by atoms with Gasteiger partial charge in [-0.05, 0) is 69.9 Å². The predicted molar refractivity (Wildman–Crippen MR) is 259 cm³/mol. The zero-order valence-corrected chi connectivity index (χ0v) is 42.8. The van der Waals surface area contributed by atoms with Gasteiger partial charge in [0.1, 0.15) is 41.7 Å². The highest BCUT2D eigenvalue weighted by Crippen LogP contribution is 2.64. The molecule has 0 spiro atoms. The maximum atomic E-state index is 15.2.